The molecule has 1 heterocycles. The van der Waals surface area contributed by atoms with Crippen molar-refractivity contribution in [2.45, 2.75) is 6.61 Å². The average Bonchev–Trinajstić information content (AvgIpc) is 2.98. The monoisotopic (exact) mass is 250 g/mol. The fourth-order valence-electron chi connectivity index (χ4n) is 2.00. The quantitative estimate of drug-likeness (QED) is 0.776. The Morgan fingerprint density at radius 1 is 0.895 bits per heavy atom. The van der Waals surface area contributed by atoms with Gasteiger partial charge in [0.05, 0.1) is 18.5 Å². The Kier molecular flexibility index (Phi) is 3.12. The van der Waals surface area contributed by atoms with Crippen LogP contribution in [-0.2, 0) is 6.61 Å². The third kappa shape index (κ3) is 2.41. The summed E-state index contributed by atoms with van der Waals surface area (Å²) < 4.78 is 1.84. The smallest absolute Gasteiger partial charge is 0.0681 e. The van der Waals surface area contributed by atoms with Crippen molar-refractivity contribution in [3.05, 3.63) is 72.6 Å². The molecule has 3 heteroatoms. The number of aromatic nitrogens is 2. The molecule has 0 saturated carbocycles. The van der Waals surface area contributed by atoms with Crippen molar-refractivity contribution in [1.82, 2.24) is 9.78 Å². The summed E-state index contributed by atoms with van der Waals surface area (Å²) in [6.07, 6.45) is 3.86. The van der Waals surface area contributed by atoms with Crippen molar-refractivity contribution in [1.29, 1.82) is 0 Å². The van der Waals surface area contributed by atoms with Crippen LogP contribution in [0.25, 0.3) is 16.8 Å². The SMILES string of the molecule is OCc1ccc(-n2cc(-c3ccccc3)cn2)cc1. The van der Waals surface area contributed by atoms with Gasteiger partial charge in [0.2, 0.25) is 0 Å². The summed E-state index contributed by atoms with van der Waals surface area (Å²) in [6.45, 7) is 0.0641. The van der Waals surface area contributed by atoms with Gasteiger partial charge in [-0.3, -0.25) is 0 Å². The van der Waals surface area contributed by atoms with E-state index in [1.54, 1.807) is 0 Å². The van der Waals surface area contributed by atoms with E-state index in [0.717, 1.165) is 22.4 Å². The molecule has 0 amide bonds. The minimum Gasteiger partial charge on any atom is -0.392 e. The van der Waals surface area contributed by atoms with E-state index in [0.29, 0.717) is 0 Å². The molecule has 2 aromatic carbocycles. The number of rotatable bonds is 3. The van der Waals surface area contributed by atoms with Crippen LogP contribution in [0.15, 0.2) is 67.0 Å². The molecule has 3 nitrogen and oxygen atoms in total. The standard InChI is InChI=1S/C16H14N2O/c19-12-13-6-8-16(9-7-13)18-11-15(10-17-18)14-4-2-1-3-5-14/h1-11,19H,12H2. The minimum atomic E-state index is 0.0641. The van der Waals surface area contributed by atoms with E-state index >= 15 is 0 Å². The van der Waals surface area contributed by atoms with Gasteiger partial charge < -0.3 is 5.11 Å². The van der Waals surface area contributed by atoms with Crippen molar-refractivity contribution in [2.75, 3.05) is 0 Å². The lowest BCUT2D eigenvalue weighted by Crippen LogP contribution is -1.94. The largest absolute Gasteiger partial charge is 0.392 e. The molecule has 19 heavy (non-hydrogen) atoms. The Bertz CT molecular complexity index is 657. The van der Waals surface area contributed by atoms with Crippen LogP contribution in [0, 0.1) is 0 Å². The number of nitrogens with zero attached hydrogens (tertiary/aromatic N) is 2. The van der Waals surface area contributed by atoms with Crippen LogP contribution in [0.2, 0.25) is 0 Å². The maximum Gasteiger partial charge on any atom is 0.0681 e. The predicted octanol–water partition coefficient (Wildman–Crippen LogP) is 3.03. The molecular weight excluding hydrogens is 236 g/mol. The highest BCUT2D eigenvalue weighted by Crippen LogP contribution is 2.19. The third-order valence-electron chi connectivity index (χ3n) is 3.07. The molecule has 94 valence electrons. The number of aliphatic hydroxyl groups is 1. The first-order chi connectivity index (χ1) is 9.36. The van der Waals surface area contributed by atoms with E-state index in [-0.39, 0.29) is 6.61 Å². The molecule has 0 unspecified atom stereocenters. The summed E-state index contributed by atoms with van der Waals surface area (Å²) in [5.74, 6) is 0. The zero-order chi connectivity index (χ0) is 13.1. The van der Waals surface area contributed by atoms with Gasteiger partial charge in [-0.2, -0.15) is 5.10 Å². The molecule has 1 aromatic heterocycles. The Balaban J connectivity index is 1.92. The van der Waals surface area contributed by atoms with Crippen LogP contribution in [0.4, 0.5) is 0 Å². The lowest BCUT2D eigenvalue weighted by molar-refractivity contribution is 0.282. The molecule has 0 spiro atoms. The van der Waals surface area contributed by atoms with E-state index in [2.05, 4.69) is 17.2 Å². The second kappa shape index (κ2) is 5.08. The van der Waals surface area contributed by atoms with Gasteiger partial charge in [-0.05, 0) is 23.3 Å². The molecule has 0 aliphatic carbocycles. The summed E-state index contributed by atoms with van der Waals surface area (Å²) in [4.78, 5) is 0. The highest BCUT2D eigenvalue weighted by molar-refractivity contribution is 5.62. The van der Waals surface area contributed by atoms with Crippen LogP contribution < -0.4 is 0 Å². The number of benzene rings is 2. The number of hydrogen-bond donors (Lipinski definition) is 1. The Morgan fingerprint density at radius 3 is 2.32 bits per heavy atom. The Labute approximate surface area is 111 Å². The summed E-state index contributed by atoms with van der Waals surface area (Å²) in [5, 5.41) is 13.4. The molecule has 0 radical (unpaired) electrons. The first-order valence-corrected chi connectivity index (χ1v) is 6.17. The van der Waals surface area contributed by atoms with Crippen molar-refractivity contribution in [3.63, 3.8) is 0 Å². The summed E-state index contributed by atoms with van der Waals surface area (Å²) in [6, 6.07) is 17.9. The van der Waals surface area contributed by atoms with E-state index in [9.17, 15) is 0 Å². The van der Waals surface area contributed by atoms with Crippen LogP contribution in [0.1, 0.15) is 5.56 Å². The Hall–Kier alpha value is -2.39. The average molecular weight is 250 g/mol. The zero-order valence-electron chi connectivity index (χ0n) is 10.4. The van der Waals surface area contributed by atoms with Gasteiger partial charge in [0.15, 0.2) is 0 Å². The molecule has 3 rings (SSSR count). The van der Waals surface area contributed by atoms with Gasteiger partial charge in [0.1, 0.15) is 0 Å². The number of aliphatic hydroxyl groups excluding tert-OH is 1. The van der Waals surface area contributed by atoms with Crippen molar-refractivity contribution in [3.8, 4) is 16.8 Å². The minimum absolute atomic E-state index is 0.0641. The molecule has 3 aromatic rings. The molecular formula is C16H14N2O. The normalized spacial score (nSPS) is 10.6. The van der Waals surface area contributed by atoms with Gasteiger partial charge in [0, 0.05) is 11.8 Å². The molecule has 0 saturated heterocycles. The van der Waals surface area contributed by atoms with Gasteiger partial charge in [0.25, 0.3) is 0 Å². The van der Waals surface area contributed by atoms with Crippen molar-refractivity contribution >= 4 is 0 Å². The van der Waals surface area contributed by atoms with Gasteiger partial charge in [-0.1, -0.05) is 42.5 Å². The first kappa shape index (κ1) is 11.7. The van der Waals surface area contributed by atoms with Crippen LogP contribution in [0.5, 0.6) is 0 Å². The molecule has 0 aliphatic rings. The molecule has 1 N–H and O–H groups in total. The van der Waals surface area contributed by atoms with Crippen molar-refractivity contribution in [2.24, 2.45) is 0 Å². The van der Waals surface area contributed by atoms with Gasteiger partial charge in [-0.25, -0.2) is 4.68 Å². The second-order valence-corrected chi connectivity index (χ2v) is 4.36. The van der Waals surface area contributed by atoms with Crippen LogP contribution in [0.3, 0.4) is 0 Å². The molecule has 0 fully saturated rings. The highest BCUT2D eigenvalue weighted by Gasteiger charge is 2.02. The summed E-state index contributed by atoms with van der Waals surface area (Å²) >= 11 is 0. The lowest BCUT2D eigenvalue weighted by atomic mass is 10.1. The van der Waals surface area contributed by atoms with E-state index in [1.165, 1.54) is 0 Å². The lowest BCUT2D eigenvalue weighted by Gasteiger charge is -2.02. The maximum absolute atomic E-state index is 9.03. The fraction of sp³-hybridized carbons (Fsp3) is 0.0625. The second-order valence-electron chi connectivity index (χ2n) is 4.36. The number of hydrogen-bond acceptors (Lipinski definition) is 2. The van der Waals surface area contributed by atoms with Gasteiger partial charge >= 0.3 is 0 Å². The van der Waals surface area contributed by atoms with E-state index in [4.69, 9.17) is 5.11 Å². The summed E-state index contributed by atoms with van der Waals surface area (Å²) in [7, 11) is 0. The predicted molar refractivity (Wildman–Crippen MR) is 74.9 cm³/mol. The van der Waals surface area contributed by atoms with E-state index in [1.807, 2.05) is 59.5 Å². The fourth-order valence-corrected chi connectivity index (χ4v) is 2.00. The Morgan fingerprint density at radius 2 is 1.63 bits per heavy atom. The third-order valence-corrected chi connectivity index (χ3v) is 3.07. The zero-order valence-corrected chi connectivity index (χ0v) is 10.4. The first-order valence-electron chi connectivity index (χ1n) is 6.17. The molecule has 0 aliphatic heterocycles. The highest BCUT2D eigenvalue weighted by atomic mass is 16.3. The van der Waals surface area contributed by atoms with E-state index < -0.39 is 0 Å². The molecule has 0 bridgehead atoms. The summed E-state index contributed by atoms with van der Waals surface area (Å²) in [5.41, 5.74) is 4.13. The van der Waals surface area contributed by atoms with Crippen LogP contribution in [-0.4, -0.2) is 14.9 Å². The maximum atomic E-state index is 9.03. The van der Waals surface area contributed by atoms with Crippen LogP contribution >= 0.6 is 0 Å². The van der Waals surface area contributed by atoms with Crippen molar-refractivity contribution < 1.29 is 5.11 Å². The van der Waals surface area contributed by atoms with Gasteiger partial charge in [-0.15, -0.1) is 0 Å². The topological polar surface area (TPSA) is 38.0 Å². The molecule has 0 atom stereocenters.